The van der Waals surface area contributed by atoms with Crippen LogP contribution in [0.5, 0.6) is 0 Å². The number of aliphatic carboxylic acids is 3. The van der Waals surface area contributed by atoms with Crippen molar-refractivity contribution in [3.05, 3.63) is 0 Å². The summed E-state index contributed by atoms with van der Waals surface area (Å²) in [6.07, 6.45) is 0.595. The fraction of sp³-hybridized carbons (Fsp3) is 0.819. The molecule has 15 atom stereocenters. The number of carbonyl (C=O) groups is 13. The monoisotopic (exact) mass is 1610 g/mol. The Morgan fingerprint density at radius 1 is 0.450 bits per heavy atom. The third kappa shape index (κ3) is 31.0. The predicted octanol–water partition coefficient (Wildman–Crippen LogP) is 5.30. The van der Waals surface area contributed by atoms with Crippen molar-refractivity contribution >= 4 is 105 Å². The Balaban J connectivity index is 1.09. The lowest BCUT2D eigenvalue weighted by molar-refractivity contribution is -0.169. The molecule has 0 spiro atoms. The van der Waals surface area contributed by atoms with E-state index < -0.39 is 276 Å². The Labute approximate surface area is 636 Å². The van der Waals surface area contributed by atoms with Crippen LogP contribution in [0.4, 0.5) is 0 Å². The van der Waals surface area contributed by atoms with E-state index in [-0.39, 0.29) is 77.6 Å². The topological polar surface area (TPSA) is 519 Å². The molecular weight excluding hydrogens is 1500 g/mol. The van der Waals surface area contributed by atoms with Gasteiger partial charge in [0.1, 0.15) is 45.2 Å². The quantitative estimate of drug-likeness (QED) is 0.0126. The van der Waals surface area contributed by atoms with E-state index >= 15 is 0 Å². The number of aliphatic hydroxyl groups is 3. The molecule has 0 amide bonds. The van der Waals surface area contributed by atoms with Crippen LogP contribution in [0.3, 0.4) is 0 Å². The highest BCUT2D eigenvalue weighted by atomic mass is 32.2. The second-order valence-electron chi connectivity index (χ2n) is 31.0. The van der Waals surface area contributed by atoms with Crippen LogP contribution in [0.15, 0.2) is 0 Å². The van der Waals surface area contributed by atoms with Crippen LogP contribution < -0.4 is 0 Å². The first-order chi connectivity index (χ1) is 51.2. The summed E-state index contributed by atoms with van der Waals surface area (Å²) < 4.78 is 95.2. The van der Waals surface area contributed by atoms with E-state index in [9.17, 15) is 111 Å². The van der Waals surface area contributed by atoms with Crippen LogP contribution in [-0.4, -0.2) is 226 Å². The van der Waals surface area contributed by atoms with Crippen molar-refractivity contribution in [2.75, 3.05) is 59.5 Å². The van der Waals surface area contributed by atoms with Crippen molar-refractivity contribution in [3.63, 3.8) is 0 Å². The number of aliphatic hydroxyl groups excluding tert-OH is 3. The molecule has 0 aromatic carbocycles. The van der Waals surface area contributed by atoms with E-state index in [4.69, 9.17) is 51.2 Å². The highest BCUT2D eigenvalue weighted by Gasteiger charge is 2.47. The number of carboxylic acid groups (broad SMARTS) is 3. The van der Waals surface area contributed by atoms with Gasteiger partial charge in [0.05, 0.1) is 120 Å². The summed E-state index contributed by atoms with van der Waals surface area (Å²) in [7, 11) is -11.2. The average Bonchev–Trinajstić information content (AvgIpc) is 0.818. The van der Waals surface area contributed by atoms with Crippen molar-refractivity contribution in [3.8, 4) is 0 Å². The molecule has 0 aromatic heterocycles. The Morgan fingerprint density at radius 2 is 0.844 bits per heavy atom. The molecule has 0 radical (unpaired) electrons. The summed E-state index contributed by atoms with van der Waals surface area (Å²) in [6, 6.07) is 0. The normalized spacial score (nSPS) is 25.1. The van der Waals surface area contributed by atoms with Crippen molar-refractivity contribution < 1.29 is 162 Å². The number of ether oxygens (including phenoxy) is 8. The molecule has 15 unspecified atom stereocenters. The van der Waals surface area contributed by atoms with E-state index in [1.54, 1.807) is 0 Å². The molecular formula is C72H114O34SSi2. The van der Waals surface area contributed by atoms with Gasteiger partial charge in [-0.2, -0.15) is 8.42 Å². The number of carboxylic acids is 3. The Hall–Kier alpha value is -6.75. The summed E-state index contributed by atoms with van der Waals surface area (Å²) in [5, 5.41) is 60.0. The van der Waals surface area contributed by atoms with Crippen LogP contribution >= 0.6 is 0 Å². The maximum absolute atomic E-state index is 13.9. The predicted molar refractivity (Wildman–Crippen MR) is 380 cm³/mol. The first kappa shape index (κ1) is 92.9. The zero-order valence-electron chi connectivity index (χ0n) is 63.5. The third-order valence-corrected chi connectivity index (χ3v) is 24.5. The molecule has 5 saturated carbocycles. The van der Waals surface area contributed by atoms with E-state index in [0.29, 0.717) is 77.0 Å². The highest BCUT2D eigenvalue weighted by molar-refractivity contribution is 7.86. The summed E-state index contributed by atoms with van der Waals surface area (Å²) in [4.78, 5) is 181. The Bertz CT molecular complexity index is 3200. The molecule has 109 heavy (non-hydrogen) atoms. The number of hydrogen-bond donors (Lipinski definition) is 8. The van der Waals surface area contributed by atoms with Crippen molar-refractivity contribution in [2.24, 2.45) is 82.3 Å². The molecule has 0 aromatic rings. The molecule has 5 fully saturated rings. The molecule has 0 saturated heterocycles. The van der Waals surface area contributed by atoms with E-state index in [0.717, 1.165) is 0 Å². The van der Waals surface area contributed by atoms with Crippen LogP contribution in [0.2, 0.25) is 26.2 Å². The van der Waals surface area contributed by atoms with Gasteiger partial charge in [-0.1, -0.05) is 33.1 Å². The molecule has 5 aliphatic carbocycles. The van der Waals surface area contributed by atoms with Gasteiger partial charge in [-0.15, -0.1) is 0 Å². The zero-order valence-corrected chi connectivity index (χ0v) is 66.3. The molecule has 620 valence electrons. The summed E-state index contributed by atoms with van der Waals surface area (Å²) >= 11 is 0. The molecule has 0 heterocycles. The van der Waals surface area contributed by atoms with E-state index in [1.165, 1.54) is 47.0 Å². The minimum Gasteiger partial charge on any atom is -0.494 e. The van der Waals surface area contributed by atoms with E-state index in [2.05, 4.69) is 0 Å². The van der Waals surface area contributed by atoms with Gasteiger partial charge in [0.2, 0.25) is 0 Å². The first-order valence-electron chi connectivity index (χ1n) is 38.0. The smallest absolute Gasteiger partial charge is 0.457 e. The van der Waals surface area contributed by atoms with Gasteiger partial charge in [-0.3, -0.25) is 66.9 Å². The molecule has 0 aliphatic heterocycles. The molecule has 34 nitrogen and oxygen atoms in total. The van der Waals surface area contributed by atoms with Crippen molar-refractivity contribution in [1.29, 1.82) is 0 Å². The van der Waals surface area contributed by atoms with Crippen LogP contribution in [0, 0.1) is 82.3 Å². The van der Waals surface area contributed by atoms with Gasteiger partial charge < -0.3 is 86.6 Å². The second kappa shape index (κ2) is 43.9. The number of carbonyl (C=O) groups excluding carboxylic acids is 10. The molecule has 5 rings (SSSR count). The Morgan fingerprint density at radius 3 is 1.30 bits per heavy atom. The lowest BCUT2D eigenvalue weighted by atomic mass is 9.80. The number of esters is 7. The summed E-state index contributed by atoms with van der Waals surface area (Å²) in [5.41, 5.74) is -1.81. The Kier molecular flexibility index (Phi) is 37.4. The minimum absolute atomic E-state index is 0.0210. The molecule has 37 heteroatoms. The maximum Gasteiger partial charge on any atom is 0.457 e. The lowest BCUT2D eigenvalue weighted by Gasteiger charge is -2.33. The number of hydrogen-bond acceptors (Lipinski definition) is 30. The van der Waals surface area contributed by atoms with Crippen LogP contribution in [0.1, 0.15) is 181 Å². The average molecular weight is 1610 g/mol. The van der Waals surface area contributed by atoms with Crippen molar-refractivity contribution in [2.45, 2.75) is 231 Å². The maximum atomic E-state index is 13.9. The summed E-state index contributed by atoms with van der Waals surface area (Å²) in [6.45, 7) is 5.55. The van der Waals surface area contributed by atoms with Gasteiger partial charge in [-0.25, -0.2) is 0 Å². The van der Waals surface area contributed by atoms with Gasteiger partial charge in [0.15, 0.2) is 0 Å². The molecule has 5 aliphatic rings. The van der Waals surface area contributed by atoms with Gasteiger partial charge in [0.25, 0.3) is 28.0 Å². The van der Waals surface area contributed by atoms with E-state index in [1.807, 2.05) is 0 Å². The largest absolute Gasteiger partial charge is 0.494 e. The van der Waals surface area contributed by atoms with Crippen LogP contribution in [0.25, 0.3) is 0 Å². The fourth-order valence-electron chi connectivity index (χ4n) is 14.6. The fourth-order valence-corrected chi connectivity index (χ4v) is 17.6. The summed E-state index contributed by atoms with van der Waals surface area (Å²) in [5.74, 6) is -25.4. The van der Waals surface area contributed by atoms with Gasteiger partial charge >= 0.3 is 76.8 Å². The minimum atomic E-state index is -4.69. The van der Waals surface area contributed by atoms with Crippen molar-refractivity contribution in [1.82, 2.24) is 0 Å². The SMILES string of the molecule is CCC(CC(CC(CC(CC(CC)C(=O)OCC(CO)(CO)COC(=O)C1CCCC(C(=O)OC(C)COC(=O)C2CC(C(=O)OC3CCC(O)CC3)CC(S(=O)(=O)O)C2)C1)C(=O)O)C(=O)OCCOCCOC(=O)C1CCCC(C(=O)O[Si](C)(C)OC(=O)C2CCCC(C(=O)O[Si](C)(C)O)C2)C1)C(=O)O)C(=O)O. The molecule has 0 bridgehead atoms. The first-order valence-corrected chi connectivity index (χ1v) is 45.1. The second-order valence-corrected chi connectivity index (χ2v) is 39.0. The van der Waals surface area contributed by atoms with Gasteiger partial charge in [-0.05, 0) is 161 Å². The highest BCUT2D eigenvalue weighted by Crippen LogP contribution is 2.39. The number of rotatable bonds is 43. The van der Waals surface area contributed by atoms with Gasteiger partial charge in [0, 0.05) is 13.1 Å². The standard InChI is InChI=1S/C72H114O34SSi2/c1-8-43(59(76)77)27-51(60(78)79)32-53(65(85)98-26-24-96-23-25-97-63(83)45-13-11-17-49(30-45)70(90)105-109(6,7)106-71(91)50-18-12-16-48(31-50)69(89)104-108(4,5)95)33-52(61(80)81)28-44(9-2)62(82)100-40-72(38-73,39-74)41-101-64(84)46-14-10-15-47(29-46)67(87)102-42(3)37-99-66(86)54-34-55(36-58(35-54)107(92,93)94)68(88)103-57-21-19-56(75)20-22-57/h42-58,73-75,95H,8-41H2,1-7H3,(H,76,77)(H,78,79)(H,80,81)(H,92,93,94). The lowest BCUT2D eigenvalue weighted by Crippen LogP contribution is -2.44. The van der Waals surface area contributed by atoms with Crippen LogP contribution in [-0.2, 0) is 124 Å². The third-order valence-electron chi connectivity index (χ3n) is 21.2. The molecule has 8 N–H and O–H groups in total. The zero-order chi connectivity index (χ0) is 81.1.